The van der Waals surface area contributed by atoms with E-state index >= 15 is 0 Å². The number of carbonyl (C=O) groups excluding carboxylic acids is 3. The Morgan fingerprint density at radius 3 is 2.38 bits per heavy atom. The first-order valence-corrected chi connectivity index (χ1v) is 5.61. The molecule has 0 aromatic heterocycles. The van der Waals surface area contributed by atoms with Gasteiger partial charge in [0, 0.05) is 12.6 Å². The standard InChI is InChI=1S/C11H11NO3S/c1-8(13)11(15)16-7-10(14)12-9-5-3-2-4-6-9/h2-6H,7H2,1H3,(H,12,14). The molecular formula is C11H11NO3S. The molecule has 0 saturated carbocycles. The van der Waals surface area contributed by atoms with Crippen LogP contribution < -0.4 is 5.32 Å². The van der Waals surface area contributed by atoms with Gasteiger partial charge in [-0.3, -0.25) is 14.4 Å². The van der Waals surface area contributed by atoms with Gasteiger partial charge in [-0.25, -0.2) is 0 Å². The molecule has 0 aliphatic rings. The van der Waals surface area contributed by atoms with E-state index < -0.39 is 10.9 Å². The van der Waals surface area contributed by atoms with E-state index in [0.717, 1.165) is 0 Å². The van der Waals surface area contributed by atoms with E-state index in [4.69, 9.17) is 0 Å². The number of amides is 1. The molecule has 0 saturated heterocycles. The van der Waals surface area contributed by atoms with Crippen molar-refractivity contribution in [2.75, 3.05) is 11.1 Å². The number of carbonyl (C=O) groups is 3. The average molecular weight is 237 g/mol. The van der Waals surface area contributed by atoms with Gasteiger partial charge in [-0.1, -0.05) is 30.0 Å². The number of hydrogen-bond donors (Lipinski definition) is 1. The molecule has 0 atom stereocenters. The second kappa shape index (κ2) is 6.07. The van der Waals surface area contributed by atoms with E-state index in [2.05, 4.69) is 5.32 Å². The number of anilines is 1. The highest BCUT2D eigenvalue weighted by Gasteiger charge is 2.11. The van der Waals surface area contributed by atoms with E-state index in [1.807, 2.05) is 6.07 Å². The Balaban J connectivity index is 2.37. The SMILES string of the molecule is CC(=O)C(=O)SCC(=O)Nc1ccccc1. The number of thioether (sulfide) groups is 1. The van der Waals surface area contributed by atoms with Crippen LogP contribution in [0.3, 0.4) is 0 Å². The third-order valence-electron chi connectivity index (χ3n) is 1.68. The topological polar surface area (TPSA) is 63.2 Å². The smallest absolute Gasteiger partial charge is 0.255 e. The lowest BCUT2D eigenvalue weighted by Crippen LogP contribution is -2.16. The molecule has 0 bridgehead atoms. The Kier molecular flexibility index (Phi) is 4.72. The lowest BCUT2D eigenvalue weighted by atomic mass is 10.3. The van der Waals surface area contributed by atoms with E-state index in [9.17, 15) is 14.4 Å². The second-order valence-electron chi connectivity index (χ2n) is 3.05. The molecular weight excluding hydrogens is 226 g/mol. The van der Waals surface area contributed by atoms with E-state index in [1.165, 1.54) is 6.92 Å². The van der Waals surface area contributed by atoms with Gasteiger partial charge < -0.3 is 5.32 Å². The zero-order valence-corrected chi connectivity index (χ0v) is 9.54. The molecule has 1 amide bonds. The Hall–Kier alpha value is -1.62. The van der Waals surface area contributed by atoms with Crippen LogP contribution in [0, 0.1) is 0 Å². The van der Waals surface area contributed by atoms with Gasteiger partial charge in [0.15, 0.2) is 0 Å². The van der Waals surface area contributed by atoms with Crippen LogP contribution in [0.2, 0.25) is 0 Å². The fraction of sp³-hybridized carbons (Fsp3) is 0.182. The maximum atomic E-state index is 11.3. The van der Waals surface area contributed by atoms with Gasteiger partial charge in [0.2, 0.25) is 11.7 Å². The number of rotatable bonds is 4. The largest absolute Gasteiger partial charge is 0.325 e. The molecule has 0 aliphatic heterocycles. The minimum atomic E-state index is -0.594. The molecule has 1 aromatic rings. The van der Waals surface area contributed by atoms with Crippen LogP contribution in [0.4, 0.5) is 5.69 Å². The fourth-order valence-corrected chi connectivity index (χ4v) is 1.49. The summed E-state index contributed by atoms with van der Waals surface area (Å²) >= 11 is 0.711. The van der Waals surface area contributed by atoms with Crippen LogP contribution in [-0.2, 0) is 14.4 Å². The van der Waals surface area contributed by atoms with Crippen molar-refractivity contribution >= 4 is 34.3 Å². The molecule has 0 fully saturated rings. The highest BCUT2D eigenvalue weighted by molar-refractivity contribution is 8.15. The first-order chi connectivity index (χ1) is 7.59. The first-order valence-electron chi connectivity index (χ1n) is 4.62. The molecule has 0 unspecified atom stereocenters. The minimum Gasteiger partial charge on any atom is -0.325 e. The van der Waals surface area contributed by atoms with E-state index in [0.29, 0.717) is 17.4 Å². The molecule has 4 nitrogen and oxygen atoms in total. The van der Waals surface area contributed by atoms with Crippen molar-refractivity contribution in [3.63, 3.8) is 0 Å². The van der Waals surface area contributed by atoms with Crippen LogP contribution in [0.25, 0.3) is 0 Å². The molecule has 0 radical (unpaired) electrons. The maximum Gasteiger partial charge on any atom is 0.255 e. The van der Waals surface area contributed by atoms with Gasteiger partial charge in [-0.05, 0) is 12.1 Å². The van der Waals surface area contributed by atoms with Crippen molar-refractivity contribution in [2.24, 2.45) is 0 Å². The molecule has 1 aromatic carbocycles. The molecule has 16 heavy (non-hydrogen) atoms. The summed E-state index contributed by atoms with van der Waals surface area (Å²) < 4.78 is 0. The van der Waals surface area contributed by atoms with Crippen LogP contribution in [-0.4, -0.2) is 22.6 Å². The lowest BCUT2D eigenvalue weighted by molar-refractivity contribution is -0.130. The lowest BCUT2D eigenvalue weighted by Gasteiger charge is -2.03. The second-order valence-corrected chi connectivity index (χ2v) is 3.99. The predicted octanol–water partition coefficient (Wildman–Crippen LogP) is 1.47. The number of nitrogens with one attached hydrogen (secondary N) is 1. The summed E-state index contributed by atoms with van der Waals surface area (Å²) in [6.07, 6.45) is 0. The number of hydrogen-bond acceptors (Lipinski definition) is 4. The predicted molar refractivity (Wildman–Crippen MR) is 63.2 cm³/mol. The fourth-order valence-electron chi connectivity index (χ4n) is 0.951. The minimum absolute atomic E-state index is 0.0483. The quantitative estimate of drug-likeness (QED) is 0.805. The van der Waals surface area contributed by atoms with Crippen molar-refractivity contribution < 1.29 is 14.4 Å². The summed E-state index contributed by atoms with van der Waals surface area (Å²) in [6.45, 7) is 1.18. The van der Waals surface area contributed by atoms with Gasteiger partial charge in [-0.2, -0.15) is 0 Å². The molecule has 0 heterocycles. The van der Waals surface area contributed by atoms with E-state index in [1.54, 1.807) is 24.3 Å². The summed E-state index contributed by atoms with van der Waals surface area (Å²) in [5.74, 6) is -0.892. The Morgan fingerprint density at radius 1 is 1.19 bits per heavy atom. The molecule has 0 aliphatic carbocycles. The van der Waals surface area contributed by atoms with Gasteiger partial charge in [0.05, 0.1) is 5.75 Å². The average Bonchev–Trinajstić information content (AvgIpc) is 2.27. The van der Waals surface area contributed by atoms with Crippen molar-refractivity contribution in [1.29, 1.82) is 0 Å². The van der Waals surface area contributed by atoms with Crippen LogP contribution in [0.5, 0.6) is 0 Å². The number of ketones is 1. The summed E-state index contributed by atoms with van der Waals surface area (Å²) in [4.78, 5) is 32.9. The molecule has 1 N–H and O–H groups in total. The van der Waals surface area contributed by atoms with Gasteiger partial charge in [-0.15, -0.1) is 0 Å². The third kappa shape index (κ3) is 4.27. The number of para-hydroxylation sites is 1. The summed E-state index contributed by atoms with van der Waals surface area (Å²) in [7, 11) is 0. The van der Waals surface area contributed by atoms with Crippen molar-refractivity contribution in [1.82, 2.24) is 0 Å². The highest BCUT2D eigenvalue weighted by atomic mass is 32.2. The summed E-state index contributed by atoms with van der Waals surface area (Å²) in [6, 6.07) is 8.92. The highest BCUT2D eigenvalue weighted by Crippen LogP contribution is 2.07. The first kappa shape index (κ1) is 12.4. The number of Topliss-reactive ketones (excluding diaryl/α,β-unsaturated/α-hetero) is 1. The Labute approximate surface area is 97.4 Å². The maximum absolute atomic E-state index is 11.3. The molecule has 0 spiro atoms. The Bertz CT molecular complexity index is 403. The van der Waals surface area contributed by atoms with Crippen LogP contribution in [0.15, 0.2) is 30.3 Å². The molecule has 1 rings (SSSR count). The monoisotopic (exact) mass is 237 g/mol. The van der Waals surface area contributed by atoms with Crippen LogP contribution in [0.1, 0.15) is 6.92 Å². The van der Waals surface area contributed by atoms with Gasteiger partial charge in [0.1, 0.15) is 0 Å². The van der Waals surface area contributed by atoms with Crippen molar-refractivity contribution in [3.05, 3.63) is 30.3 Å². The zero-order valence-electron chi connectivity index (χ0n) is 8.73. The zero-order chi connectivity index (χ0) is 12.0. The van der Waals surface area contributed by atoms with Crippen molar-refractivity contribution in [2.45, 2.75) is 6.92 Å². The van der Waals surface area contributed by atoms with Crippen LogP contribution >= 0.6 is 11.8 Å². The van der Waals surface area contributed by atoms with Crippen molar-refractivity contribution in [3.8, 4) is 0 Å². The number of benzene rings is 1. The molecule has 5 heteroatoms. The summed E-state index contributed by atoms with van der Waals surface area (Å²) in [5, 5.41) is 2.02. The van der Waals surface area contributed by atoms with E-state index in [-0.39, 0.29) is 11.7 Å². The molecule has 84 valence electrons. The van der Waals surface area contributed by atoms with Gasteiger partial charge >= 0.3 is 0 Å². The third-order valence-corrected chi connectivity index (χ3v) is 2.64. The Morgan fingerprint density at radius 2 is 1.81 bits per heavy atom. The normalized spacial score (nSPS) is 9.56. The van der Waals surface area contributed by atoms with Gasteiger partial charge in [0.25, 0.3) is 5.12 Å². The summed E-state index contributed by atoms with van der Waals surface area (Å²) in [5.41, 5.74) is 0.670.